The minimum Gasteiger partial charge on any atom is -0.224 e. The summed E-state index contributed by atoms with van der Waals surface area (Å²) in [6, 6.07) is 4.70. The van der Waals surface area contributed by atoms with Gasteiger partial charge in [0.15, 0.2) is 5.82 Å². The molecule has 0 amide bonds. The molecule has 2 nitrogen and oxygen atoms in total. The number of fused-ring (bicyclic) bond motifs is 1. The van der Waals surface area contributed by atoms with E-state index in [1.165, 1.54) is 17.0 Å². The number of halogens is 3. The number of hydrogen-bond acceptors (Lipinski definition) is 3. The van der Waals surface area contributed by atoms with Crippen LogP contribution in [-0.4, -0.2) is 9.97 Å². The summed E-state index contributed by atoms with van der Waals surface area (Å²) in [7, 11) is 0. The lowest BCUT2D eigenvalue weighted by molar-refractivity contribution is 0.636. The van der Waals surface area contributed by atoms with Gasteiger partial charge in [0, 0.05) is 4.88 Å². The Morgan fingerprint density at radius 2 is 1.90 bits per heavy atom. The van der Waals surface area contributed by atoms with E-state index in [1.807, 2.05) is 19.9 Å². The highest BCUT2D eigenvalue weighted by atomic mass is 35.5. The zero-order chi connectivity index (χ0) is 14.4. The Labute approximate surface area is 129 Å². The third kappa shape index (κ3) is 2.18. The molecular formula is C14H9Cl2FN2S. The van der Waals surface area contributed by atoms with E-state index >= 15 is 0 Å². The van der Waals surface area contributed by atoms with Crippen LogP contribution >= 0.6 is 34.5 Å². The summed E-state index contributed by atoms with van der Waals surface area (Å²) in [6.07, 6.45) is 0. The van der Waals surface area contributed by atoms with Gasteiger partial charge in [-0.25, -0.2) is 14.4 Å². The Kier molecular flexibility index (Phi) is 3.40. The van der Waals surface area contributed by atoms with E-state index in [9.17, 15) is 4.39 Å². The van der Waals surface area contributed by atoms with Crippen molar-refractivity contribution < 1.29 is 4.39 Å². The van der Waals surface area contributed by atoms with Crippen LogP contribution in [0.1, 0.15) is 10.4 Å². The molecule has 6 heteroatoms. The van der Waals surface area contributed by atoms with E-state index < -0.39 is 5.82 Å². The van der Waals surface area contributed by atoms with Crippen molar-refractivity contribution in [1.82, 2.24) is 9.97 Å². The molecule has 0 aliphatic carbocycles. The molecule has 0 saturated carbocycles. The molecule has 0 atom stereocenters. The van der Waals surface area contributed by atoms with Crippen molar-refractivity contribution in [3.05, 3.63) is 44.6 Å². The van der Waals surface area contributed by atoms with Gasteiger partial charge >= 0.3 is 0 Å². The lowest BCUT2D eigenvalue weighted by atomic mass is 10.2. The third-order valence-electron chi connectivity index (χ3n) is 3.09. The van der Waals surface area contributed by atoms with Crippen molar-refractivity contribution in [3.63, 3.8) is 0 Å². The van der Waals surface area contributed by atoms with Gasteiger partial charge in [-0.2, -0.15) is 0 Å². The molecule has 0 spiro atoms. The molecule has 0 radical (unpaired) electrons. The molecule has 0 aliphatic rings. The highest BCUT2D eigenvalue weighted by Crippen LogP contribution is 2.34. The van der Waals surface area contributed by atoms with Crippen molar-refractivity contribution in [2.24, 2.45) is 0 Å². The molecule has 0 N–H and O–H groups in total. The molecule has 0 unspecified atom stereocenters. The smallest absolute Gasteiger partial charge is 0.171 e. The quantitative estimate of drug-likeness (QED) is 0.558. The molecule has 0 bridgehead atoms. The van der Waals surface area contributed by atoms with Gasteiger partial charge in [-0.1, -0.05) is 23.2 Å². The van der Waals surface area contributed by atoms with Crippen LogP contribution in [0.25, 0.3) is 21.6 Å². The van der Waals surface area contributed by atoms with E-state index in [1.54, 1.807) is 11.3 Å². The van der Waals surface area contributed by atoms with Gasteiger partial charge in [-0.3, -0.25) is 0 Å². The first-order chi connectivity index (χ1) is 9.47. The van der Waals surface area contributed by atoms with E-state index in [2.05, 4.69) is 9.97 Å². The first-order valence-electron chi connectivity index (χ1n) is 5.86. The Morgan fingerprint density at radius 1 is 1.15 bits per heavy atom. The lowest BCUT2D eigenvalue weighted by Gasteiger charge is -2.05. The van der Waals surface area contributed by atoms with Gasteiger partial charge in [0.2, 0.25) is 0 Å². The maximum atomic E-state index is 13.9. The van der Waals surface area contributed by atoms with Crippen LogP contribution in [0.5, 0.6) is 0 Å². The summed E-state index contributed by atoms with van der Waals surface area (Å²) in [5, 5.41) is 0.858. The second kappa shape index (κ2) is 4.95. The summed E-state index contributed by atoms with van der Waals surface area (Å²) in [4.78, 5) is 10.6. The van der Waals surface area contributed by atoms with Crippen molar-refractivity contribution >= 4 is 45.4 Å². The fourth-order valence-corrected chi connectivity index (χ4v) is 3.45. The third-order valence-corrected chi connectivity index (χ3v) is 4.83. The minimum atomic E-state index is -0.458. The molecule has 3 aromatic rings. The second-order valence-electron chi connectivity index (χ2n) is 4.44. The number of aromatic nitrogens is 2. The summed E-state index contributed by atoms with van der Waals surface area (Å²) in [5.41, 5.74) is 1.30. The maximum Gasteiger partial charge on any atom is 0.171 e. The molecule has 102 valence electrons. The fraction of sp³-hybridized carbons (Fsp3) is 0.143. The zero-order valence-electron chi connectivity index (χ0n) is 10.7. The number of thiophene rings is 1. The van der Waals surface area contributed by atoms with Crippen molar-refractivity contribution in [2.75, 3.05) is 0 Å². The van der Waals surface area contributed by atoms with Gasteiger partial charge < -0.3 is 0 Å². The molecule has 2 heterocycles. The maximum absolute atomic E-state index is 13.9. The molecule has 1 aromatic carbocycles. The lowest BCUT2D eigenvalue weighted by Crippen LogP contribution is -1.93. The van der Waals surface area contributed by atoms with Crippen LogP contribution in [0.15, 0.2) is 18.2 Å². The predicted octanol–water partition coefficient (Wildman–Crippen LogP) is 5.42. The highest BCUT2D eigenvalue weighted by Gasteiger charge is 2.15. The van der Waals surface area contributed by atoms with Crippen molar-refractivity contribution in [2.45, 2.75) is 13.8 Å². The summed E-state index contributed by atoms with van der Waals surface area (Å²) in [6.45, 7) is 4.03. The number of hydrogen-bond donors (Lipinski definition) is 0. The molecule has 2 aromatic heterocycles. The SMILES string of the molecule is Cc1cc(-c2nc(Cl)c3c(Cl)ccc(F)c3n2)sc1C. The number of aryl methyl sites for hydroxylation is 2. The van der Waals surface area contributed by atoms with E-state index in [-0.39, 0.29) is 10.7 Å². The number of rotatable bonds is 1. The van der Waals surface area contributed by atoms with E-state index in [4.69, 9.17) is 23.2 Å². The Balaban J connectivity index is 2.32. The molecular weight excluding hydrogens is 318 g/mol. The van der Waals surface area contributed by atoms with Crippen LogP contribution in [0.4, 0.5) is 4.39 Å². The minimum absolute atomic E-state index is 0.149. The first kappa shape index (κ1) is 13.7. The van der Waals surface area contributed by atoms with Crippen molar-refractivity contribution in [1.29, 1.82) is 0 Å². The largest absolute Gasteiger partial charge is 0.224 e. The summed E-state index contributed by atoms with van der Waals surface area (Å²) >= 11 is 13.7. The van der Waals surface area contributed by atoms with Gasteiger partial charge in [-0.05, 0) is 37.6 Å². The summed E-state index contributed by atoms with van der Waals surface area (Å²) < 4.78 is 13.9. The Bertz CT molecular complexity index is 810. The van der Waals surface area contributed by atoms with Crippen LogP contribution < -0.4 is 0 Å². The molecule has 20 heavy (non-hydrogen) atoms. The Hall–Kier alpha value is -1.23. The standard InChI is InChI=1S/C14H9Cl2FN2S/c1-6-5-10(20-7(6)2)14-18-12-9(17)4-3-8(15)11(12)13(16)19-14/h3-5H,1-2H3. The Morgan fingerprint density at radius 3 is 2.55 bits per heavy atom. The molecule has 3 rings (SSSR count). The van der Waals surface area contributed by atoms with Gasteiger partial charge in [0.1, 0.15) is 16.5 Å². The highest BCUT2D eigenvalue weighted by molar-refractivity contribution is 7.15. The van der Waals surface area contributed by atoms with Crippen LogP contribution in [0.2, 0.25) is 10.2 Å². The first-order valence-corrected chi connectivity index (χ1v) is 7.43. The summed E-state index contributed by atoms with van der Waals surface area (Å²) in [5.74, 6) is -0.0372. The van der Waals surface area contributed by atoms with Crippen molar-refractivity contribution in [3.8, 4) is 10.7 Å². The molecule has 0 saturated heterocycles. The number of nitrogens with zero attached hydrogens (tertiary/aromatic N) is 2. The predicted molar refractivity (Wildman–Crippen MR) is 82.3 cm³/mol. The van der Waals surface area contributed by atoms with Gasteiger partial charge in [0.05, 0.1) is 15.3 Å². The van der Waals surface area contributed by atoms with Gasteiger partial charge in [-0.15, -0.1) is 11.3 Å². The zero-order valence-corrected chi connectivity index (χ0v) is 13.0. The topological polar surface area (TPSA) is 25.8 Å². The van der Waals surface area contributed by atoms with Crippen LogP contribution in [0, 0.1) is 19.7 Å². The van der Waals surface area contributed by atoms with Crippen LogP contribution in [0.3, 0.4) is 0 Å². The normalized spacial score (nSPS) is 11.2. The average molecular weight is 327 g/mol. The molecule has 0 fully saturated rings. The average Bonchev–Trinajstić information content (AvgIpc) is 2.74. The monoisotopic (exact) mass is 326 g/mol. The van der Waals surface area contributed by atoms with Gasteiger partial charge in [0.25, 0.3) is 0 Å². The van der Waals surface area contributed by atoms with E-state index in [0.717, 1.165) is 10.4 Å². The second-order valence-corrected chi connectivity index (χ2v) is 6.46. The van der Waals surface area contributed by atoms with Crippen LogP contribution in [-0.2, 0) is 0 Å². The molecule has 0 aliphatic heterocycles. The fourth-order valence-electron chi connectivity index (χ4n) is 1.92. The number of benzene rings is 1. The van der Waals surface area contributed by atoms with E-state index in [0.29, 0.717) is 16.2 Å².